The molecule has 0 fully saturated rings. The smallest absolute Gasteiger partial charge is 0.126 e. The van der Waals surface area contributed by atoms with Gasteiger partial charge in [0, 0.05) is 25.1 Å². The Morgan fingerprint density at radius 2 is 1.94 bits per heavy atom. The molecular formula is C15H19N3. The van der Waals surface area contributed by atoms with Crippen molar-refractivity contribution in [2.75, 3.05) is 5.32 Å². The van der Waals surface area contributed by atoms with Crippen molar-refractivity contribution in [2.24, 2.45) is 0 Å². The van der Waals surface area contributed by atoms with E-state index in [9.17, 15) is 0 Å². The van der Waals surface area contributed by atoms with Crippen LogP contribution in [0.4, 0.5) is 5.82 Å². The maximum absolute atomic E-state index is 4.43. The Morgan fingerprint density at radius 1 is 1.11 bits per heavy atom. The number of aromatic nitrogens is 2. The normalized spacial score (nSPS) is 11.3. The van der Waals surface area contributed by atoms with Crippen molar-refractivity contribution in [1.29, 1.82) is 0 Å². The van der Waals surface area contributed by atoms with Crippen LogP contribution in [0.5, 0.6) is 0 Å². The molecule has 0 saturated heterocycles. The van der Waals surface area contributed by atoms with E-state index < -0.39 is 0 Å². The molecular weight excluding hydrogens is 222 g/mol. The first-order valence-corrected chi connectivity index (χ1v) is 6.15. The van der Waals surface area contributed by atoms with Crippen LogP contribution < -0.4 is 5.32 Å². The van der Waals surface area contributed by atoms with Gasteiger partial charge in [-0.05, 0) is 28.7 Å². The summed E-state index contributed by atoms with van der Waals surface area (Å²) in [5, 5.41) is 3.29. The predicted molar refractivity (Wildman–Crippen MR) is 74.5 cm³/mol. The molecule has 2 rings (SSSR count). The van der Waals surface area contributed by atoms with E-state index in [1.165, 1.54) is 5.56 Å². The number of pyridine rings is 2. The first-order valence-electron chi connectivity index (χ1n) is 6.15. The Bertz CT molecular complexity index is 483. The average molecular weight is 241 g/mol. The zero-order chi connectivity index (χ0) is 13.0. The third-order valence-corrected chi connectivity index (χ3v) is 2.83. The van der Waals surface area contributed by atoms with Crippen LogP contribution in [0, 0.1) is 0 Å². The lowest BCUT2D eigenvalue weighted by molar-refractivity contribution is 0.587. The van der Waals surface area contributed by atoms with Gasteiger partial charge in [-0.2, -0.15) is 0 Å². The third-order valence-electron chi connectivity index (χ3n) is 2.83. The SMILES string of the molecule is CC(C)(C)c1ccc(NCc2cccnc2)nc1. The molecule has 3 heteroatoms. The van der Waals surface area contributed by atoms with Gasteiger partial charge < -0.3 is 5.32 Å². The standard InChI is InChI=1S/C15H19N3/c1-15(2,3)13-6-7-14(18-11-13)17-10-12-5-4-8-16-9-12/h4-9,11H,10H2,1-3H3,(H,17,18). The van der Waals surface area contributed by atoms with Gasteiger partial charge in [-0.25, -0.2) is 4.98 Å². The fourth-order valence-corrected chi connectivity index (χ4v) is 1.64. The molecule has 2 heterocycles. The van der Waals surface area contributed by atoms with E-state index in [1.807, 2.05) is 30.6 Å². The van der Waals surface area contributed by atoms with Crippen LogP contribution in [0.3, 0.4) is 0 Å². The van der Waals surface area contributed by atoms with Crippen molar-refractivity contribution in [3.63, 3.8) is 0 Å². The Morgan fingerprint density at radius 3 is 2.50 bits per heavy atom. The number of rotatable bonds is 3. The van der Waals surface area contributed by atoms with E-state index in [1.54, 1.807) is 6.20 Å². The maximum atomic E-state index is 4.43. The average Bonchev–Trinajstić information content (AvgIpc) is 2.37. The Labute approximate surface area is 108 Å². The molecule has 0 spiro atoms. The molecule has 0 aromatic carbocycles. The van der Waals surface area contributed by atoms with Gasteiger partial charge in [0.15, 0.2) is 0 Å². The Hall–Kier alpha value is -1.90. The van der Waals surface area contributed by atoms with Crippen LogP contribution in [0.15, 0.2) is 42.9 Å². The van der Waals surface area contributed by atoms with E-state index in [0.29, 0.717) is 0 Å². The lowest BCUT2D eigenvalue weighted by Crippen LogP contribution is -2.11. The molecule has 0 bridgehead atoms. The number of hydrogen-bond acceptors (Lipinski definition) is 3. The van der Waals surface area contributed by atoms with Crippen molar-refractivity contribution in [3.05, 3.63) is 54.0 Å². The van der Waals surface area contributed by atoms with Crippen LogP contribution >= 0.6 is 0 Å². The van der Waals surface area contributed by atoms with Gasteiger partial charge in [-0.3, -0.25) is 4.98 Å². The first kappa shape index (κ1) is 12.6. The molecule has 2 aromatic rings. The topological polar surface area (TPSA) is 37.8 Å². The molecule has 2 aromatic heterocycles. The monoisotopic (exact) mass is 241 g/mol. The molecule has 0 aliphatic rings. The minimum absolute atomic E-state index is 0.148. The van der Waals surface area contributed by atoms with Crippen molar-refractivity contribution < 1.29 is 0 Å². The molecule has 0 aliphatic carbocycles. The molecule has 0 aliphatic heterocycles. The lowest BCUT2D eigenvalue weighted by atomic mass is 9.88. The van der Waals surface area contributed by atoms with Crippen LogP contribution in [-0.2, 0) is 12.0 Å². The number of hydrogen-bond donors (Lipinski definition) is 1. The summed E-state index contributed by atoms with van der Waals surface area (Å²) in [7, 11) is 0. The van der Waals surface area contributed by atoms with Gasteiger partial charge in [0.25, 0.3) is 0 Å². The van der Waals surface area contributed by atoms with Crippen molar-refractivity contribution in [1.82, 2.24) is 9.97 Å². The second-order valence-corrected chi connectivity index (χ2v) is 5.40. The quantitative estimate of drug-likeness (QED) is 0.895. The summed E-state index contributed by atoms with van der Waals surface area (Å²) in [6, 6.07) is 8.13. The number of nitrogens with zero attached hydrogens (tertiary/aromatic N) is 2. The second kappa shape index (κ2) is 5.17. The minimum atomic E-state index is 0.148. The third kappa shape index (κ3) is 3.29. The summed E-state index contributed by atoms with van der Waals surface area (Å²) < 4.78 is 0. The van der Waals surface area contributed by atoms with E-state index in [0.717, 1.165) is 17.9 Å². The van der Waals surface area contributed by atoms with E-state index in [-0.39, 0.29) is 5.41 Å². The molecule has 0 unspecified atom stereocenters. The molecule has 18 heavy (non-hydrogen) atoms. The highest BCUT2D eigenvalue weighted by Crippen LogP contribution is 2.21. The molecule has 0 amide bonds. The Balaban J connectivity index is 1.99. The first-order chi connectivity index (χ1) is 8.55. The Kier molecular flexibility index (Phi) is 3.60. The van der Waals surface area contributed by atoms with Gasteiger partial charge >= 0.3 is 0 Å². The molecule has 3 nitrogen and oxygen atoms in total. The zero-order valence-corrected chi connectivity index (χ0v) is 11.1. The van der Waals surface area contributed by atoms with Crippen molar-refractivity contribution in [3.8, 4) is 0 Å². The summed E-state index contributed by atoms with van der Waals surface area (Å²) in [6.07, 6.45) is 5.57. The highest BCUT2D eigenvalue weighted by molar-refractivity contribution is 5.37. The van der Waals surface area contributed by atoms with Gasteiger partial charge in [-0.1, -0.05) is 32.9 Å². The van der Waals surface area contributed by atoms with Crippen LogP contribution in [-0.4, -0.2) is 9.97 Å². The molecule has 0 radical (unpaired) electrons. The van der Waals surface area contributed by atoms with Gasteiger partial charge in [0.05, 0.1) is 0 Å². The van der Waals surface area contributed by atoms with Crippen molar-refractivity contribution >= 4 is 5.82 Å². The minimum Gasteiger partial charge on any atom is -0.366 e. The van der Waals surface area contributed by atoms with E-state index in [4.69, 9.17) is 0 Å². The zero-order valence-electron chi connectivity index (χ0n) is 11.1. The van der Waals surface area contributed by atoms with Gasteiger partial charge in [0.1, 0.15) is 5.82 Å². The lowest BCUT2D eigenvalue weighted by Gasteiger charge is -2.18. The van der Waals surface area contributed by atoms with Crippen LogP contribution in [0.2, 0.25) is 0 Å². The summed E-state index contributed by atoms with van der Waals surface area (Å²) in [5.41, 5.74) is 2.54. The number of nitrogens with one attached hydrogen (secondary N) is 1. The fourth-order valence-electron chi connectivity index (χ4n) is 1.64. The summed E-state index contributed by atoms with van der Waals surface area (Å²) in [4.78, 5) is 8.51. The fraction of sp³-hybridized carbons (Fsp3) is 0.333. The largest absolute Gasteiger partial charge is 0.366 e. The van der Waals surface area contributed by atoms with Gasteiger partial charge in [-0.15, -0.1) is 0 Å². The summed E-state index contributed by atoms with van der Waals surface area (Å²) >= 11 is 0. The van der Waals surface area contributed by atoms with Gasteiger partial charge in [0.2, 0.25) is 0 Å². The second-order valence-electron chi connectivity index (χ2n) is 5.40. The van der Waals surface area contributed by atoms with Crippen LogP contribution in [0.25, 0.3) is 0 Å². The highest BCUT2D eigenvalue weighted by atomic mass is 15.0. The molecule has 0 saturated carbocycles. The van der Waals surface area contributed by atoms with E-state index in [2.05, 4.69) is 42.1 Å². The molecule has 94 valence electrons. The maximum Gasteiger partial charge on any atom is 0.126 e. The summed E-state index contributed by atoms with van der Waals surface area (Å²) in [5.74, 6) is 0.895. The highest BCUT2D eigenvalue weighted by Gasteiger charge is 2.13. The van der Waals surface area contributed by atoms with Crippen LogP contribution in [0.1, 0.15) is 31.9 Å². The number of anilines is 1. The van der Waals surface area contributed by atoms with E-state index >= 15 is 0 Å². The predicted octanol–water partition coefficient (Wildman–Crippen LogP) is 3.39. The summed E-state index contributed by atoms with van der Waals surface area (Å²) in [6.45, 7) is 7.31. The molecule has 1 N–H and O–H groups in total. The van der Waals surface area contributed by atoms with Crippen molar-refractivity contribution in [2.45, 2.75) is 32.7 Å². The molecule has 0 atom stereocenters.